The van der Waals surface area contributed by atoms with Crippen molar-refractivity contribution >= 4 is 34.4 Å². The van der Waals surface area contributed by atoms with E-state index in [9.17, 15) is 9.59 Å². The van der Waals surface area contributed by atoms with Crippen LogP contribution in [0, 0.1) is 6.92 Å². The number of ether oxygens (including phenoxy) is 1. The van der Waals surface area contributed by atoms with Crippen molar-refractivity contribution in [2.45, 2.75) is 44.7 Å². The monoisotopic (exact) mass is 567 g/mol. The van der Waals surface area contributed by atoms with E-state index in [4.69, 9.17) is 16.3 Å². The maximum atomic E-state index is 13.9. The van der Waals surface area contributed by atoms with E-state index in [-0.39, 0.29) is 11.9 Å². The molecule has 0 unspecified atom stereocenters. The molecule has 0 bridgehead atoms. The van der Waals surface area contributed by atoms with Gasteiger partial charge in [-0.25, -0.2) is 0 Å². The van der Waals surface area contributed by atoms with Gasteiger partial charge in [-0.3, -0.25) is 14.2 Å². The van der Waals surface area contributed by atoms with Crippen LogP contribution in [0.25, 0.3) is 16.6 Å². The lowest BCUT2D eigenvalue weighted by atomic mass is 9.81. The maximum Gasteiger partial charge on any atom is 0.305 e. The number of carbonyl (C=O) groups is 2. The van der Waals surface area contributed by atoms with E-state index in [2.05, 4.69) is 57.3 Å². The molecule has 0 radical (unpaired) electrons. The SMILES string of the molecule is COC(=O)CCc1c2n(c3ccc(C)cc13)C[C@@](NC(=O)c1ccc(-n3cnnc3)cc1Cl)(c1ccccc1)CC2. The third kappa shape index (κ3) is 5.00. The quantitative estimate of drug-likeness (QED) is 0.260. The van der Waals surface area contributed by atoms with Crippen LogP contribution in [-0.2, 0) is 34.5 Å². The van der Waals surface area contributed by atoms with E-state index in [0.717, 1.165) is 34.1 Å². The molecule has 9 heteroatoms. The van der Waals surface area contributed by atoms with Gasteiger partial charge in [-0.2, -0.15) is 0 Å². The number of hydrogen-bond donors (Lipinski definition) is 1. The molecule has 1 amide bonds. The fourth-order valence-electron chi connectivity index (χ4n) is 5.98. The predicted molar refractivity (Wildman–Crippen MR) is 157 cm³/mol. The zero-order valence-electron chi connectivity index (χ0n) is 22.9. The summed E-state index contributed by atoms with van der Waals surface area (Å²) in [6.07, 6.45) is 5.52. The summed E-state index contributed by atoms with van der Waals surface area (Å²) < 4.78 is 8.98. The second kappa shape index (κ2) is 10.9. The minimum absolute atomic E-state index is 0.223. The van der Waals surface area contributed by atoms with Gasteiger partial charge >= 0.3 is 5.97 Å². The number of hydrogen-bond acceptors (Lipinski definition) is 5. The third-order valence-electron chi connectivity index (χ3n) is 8.06. The van der Waals surface area contributed by atoms with E-state index in [1.54, 1.807) is 29.4 Å². The van der Waals surface area contributed by atoms with Gasteiger partial charge in [0.1, 0.15) is 12.7 Å². The molecule has 6 rings (SSSR count). The average Bonchev–Trinajstić information content (AvgIpc) is 3.62. The molecular weight excluding hydrogens is 538 g/mol. The Kier molecular flexibility index (Phi) is 7.09. The second-order valence-electron chi connectivity index (χ2n) is 10.5. The molecule has 0 spiro atoms. The van der Waals surface area contributed by atoms with Crippen molar-refractivity contribution in [3.8, 4) is 5.69 Å². The number of esters is 1. The Morgan fingerprint density at radius 1 is 1.05 bits per heavy atom. The number of halogens is 1. The lowest BCUT2D eigenvalue weighted by Crippen LogP contribution is -2.51. The molecule has 1 atom stereocenters. The number of benzene rings is 3. The fourth-order valence-corrected chi connectivity index (χ4v) is 6.24. The fraction of sp³-hybridized carbons (Fsp3) is 0.250. The third-order valence-corrected chi connectivity index (χ3v) is 8.37. The Labute approximate surface area is 242 Å². The summed E-state index contributed by atoms with van der Waals surface area (Å²) in [6.45, 7) is 2.62. The summed E-state index contributed by atoms with van der Waals surface area (Å²) in [6, 6.07) is 21.8. The van der Waals surface area contributed by atoms with Crippen LogP contribution in [0.15, 0.2) is 79.4 Å². The van der Waals surface area contributed by atoms with Gasteiger partial charge in [0, 0.05) is 28.7 Å². The lowest BCUT2D eigenvalue weighted by Gasteiger charge is -2.40. The maximum absolute atomic E-state index is 13.9. The van der Waals surface area contributed by atoms with Gasteiger partial charge in [-0.05, 0) is 67.6 Å². The van der Waals surface area contributed by atoms with E-state index < -0.39 is 5.54 Å². The molecule has 8 nitrogen and oxygen atoms in total. The molecule has 0 aliphatic carbocycles. The Bertz CT molecular complexity index is 1750. The molecule has 0 saturated carbocycles. The Balaban J connectivity index is 1.39. The van der Waals surface area contributed by atoms with Gasteiger partial charge in [0.2, 0.25) is 0 Å². The van der Waals surface area contributed by atoms with E-state index >= 15 is 0 Å². The minimum atomic E-state index is -0.669. The number of amides is 1. The first-order chi connectivity index (χ1) is 19.9. The van der Waals surface area contributed by atoms with Crippen LogP contribution >= 0.6 is 11.6 Å². The minimum Gasteiger partial charge on any atom is -0.469 e. The Morgan fingerprint density at radius 2 is 1.83 bits per heavy atom. The molecule has 0 fully saturated rings. The topological polar surface area (TPSA) is 91.0 Å². The number of rotatable bonds is 7. The number of methoxy groups -OCH3 is 1. The van der Waals surface area contributed by atoms with Gasteiger partial charge in [0.05, 0.1) is 29.8 Å². The number of carbonyl (C=O) groups excluding carboxylic acids is 2. The highest BCUT2D eigenvalue weighted by Gasteiger charge is 2.40. The van der Waals surface area contributed by atoms with Gasteiger partial charge < -0.3 is 14.6 Å². The van der Waals surface area contributed by atoms with Crippen molar-refractivity contribution in [1.29, 1.82) is 0 Å². The molecule has 1 aliphatic heterocycles. The van der Waals surface area contributed by atoms with Crippen LogP contribution in [-0.4, -0.2) is 38.3 Å². The largest absolute Gasteiger partial charge is 0.469 e. The normalized spacial score (nSPS) is 16.4. The van der Waals surface area contributed by atoms with Crippen molar-refractivity contribution in [1.82, 2.24) is 24.6 Å². The first kappa shape index (κ1) is 26.8. The van der Waals surface area contributed by atoms with Crippen LogP contribution in [0.5, 0.6) is 0 Å². The molecule has 208 valence electrons. The van der Waals surface area contributed by atoms with E-state index in [0.29, 0.717) is 36.4 Å². The Morgan fingerprint density at radius 3 is 2.56 bits per heavy atom. The highest BCUT2D eigenvalue weighted by Crippen LogP contribution is 2.40. The zero-order chi connectivity index (χ0) is 28.6. The molecule has 1 aliphatic rings. The summed E-state index contributed by atoms with van der Waals surface area (Å²) >= 11 is 6.64. The van der Waals surface area contributed by atoms with Crippen LogP contribution in [0.4, 0.5) is 0 Å². The molecule has 3 aromatic carbocycles. The number of aromatic nitrogens is 4. The summed E-state index contributed by atoms with van der Waals surface area (Å²) in [5, 5.41) is 12.6. The molecule has 41 heavy (non-hydrogen) atoms. The number of fused-ring (bicyclic) bond motifs is 3. The summed E-state index contributed by atoms with van der Waals surface area (Å²) in [4.78, 5) is 25.9. The van der Waals surface area contributed by atoms with Gasteiger partial charge in [0.15, 0.2) is 0 Å². The van der Waals surface area contributed by atoms with Gasteiger partial charge in [-0.1, -0.05) is 53.6 Å². The van der Waals surface area contributed by atoms with Crippen molar-refractivity contribution in [2.75, 3.05) is 7.11 Å². The van der Waals surface area contributed by atoms with E-state index in [1.807, 2.05) is 24.3 Å². The van der Waals surface area contributed by atoms with Crippen LogP contribution in [0.1, 0.15) is 45.6 Å². The molecule has 0 saturated heterocycles. The molecular formula is C32H30ClN5O3. The van der Waals surface area contributed by atoms with Gasteiger partial charge in [-0.15, -0.1) is 10.2 Å². The predicted octanol–water partition coefficient (Wildman–Crippen LogP) is 5.56. The number of nitrogens with zero attached hydrogens (tertiary/aromatic N) is 4. The molecule has 5 aromatic rings. The van der Waals surface area contributed by atoms with Crippen LogP contribution in [0.2, 0.25) is 5.02 Å². The first-order valence-corrected chi connectivity index (χ1v) is 14.0. The summed E-state index contributed by atoms with van der Waals surface area (Å²) in [5.74, 6) is -0.463. The smallest absolute Gasteiger partial charge is 0.305 e. The zero-order valence-corrected chi connectivity index (χ0v) is 23.7. The molecule has 1 N–H and O–H groups in total. The highest BCUT2D eigenvalue weighted by atomic mass is 35.5. The van der Waals surface area contributed by atoms with Crippen molar-refractivity contribution in [3.63, 3.8) is 0 Å². The summed E-state index contributed by atoms with van der Waals surface area (Å²) in [7, 11) is 1.42. The highest BCUT2D eigenvalue weighted by molar-refractivity contribution is 6.34. The van der Waals surface area contributed by atoms with Crippen LogP contribution < -0.4 is 5.32 Å². The molecule has 3 heterocycles. The van der Waals surface area contributed by atoms with Gasteiger partial charge in [0.25, 0.3) is 5.91 Å². The first-order valence-electron chi connectivity index (χ1n) is 13.6. The van der Waals surface area contributed by atoms with Crippen molar-refractivity contribution < 1.29 is 14.3 Å². The number of aryl methyl sites for hydroxylation is 2. The van der Waals surface area contributed by atoms with E-state index in [1.165, 1.54) is 18.4 Å². The van der Waals surface area contributed by atoms with Crippen LogP contribution in [0.3, 0.4) is 0 Å². The van der Waals surface area contributed by atoms with Crippen molar-refractivity contribution in [2.24, 2.45) is 0 Å². The standard InChI is InChI=1S/C32H30ClN5O3/c1-21-8-12-28-26(16-21)24(11-13-30(39)41-2)29-14-15-32(18-38(28)29,22-6-4-3-5-7-22)36-31(40)25-10-9-23(17-27(25)33)37-19-34-35-20-37/h3-10,12,16-17,19-20H,11,13-15,18H2,1-2H3,(H,36,40)/t32-/m1/s1. The number of nitrogens with one attached hydrogen (secondary N) is 1. The average molecular weight is 568 g/mol. The summed E-state index contributed by atoms with van der Waals surface area (Å²) in [5.41, 5.74) is 6.16. The second-order valence-corrected chi connectivity index (χ2v) is 11.0. The lowest BCUT2D eigenvalue weighted by molar-refractivity contribution is -0.140. The molecule has 2 aromatic heterocycles. The van der Waals surface area contributed by atoms with Crippen molar-refractivity contribution in [3.05, 3.63) is 112 Å². The Hall–Kier alpha value is -4.43.